The molecule has 2 amide bonds. The Balaban J connectivity index is 1.64. The number of hydrogen-bond donors (Lipinski definition) is 1. The molecule has 0 spiro atoms. The van der Waals surface area contributed by atoms with Crippen LogP contribution in [0.15, 0.2) is 30.3 Å². The molecule has 27 heavy (non-hydrogen) atoms. The molecule has 1 N–H and O–H groups in total. The number of nitrogens with zero attached hydrogens (tertiary/aromatic N) is 2. The summed E-state index contributed by atoms with van der Waals surface area (Å²) >= 11 is 0. The van der Waals surface area contributed by atoms with Crippen LogP contribution in [-0.2, 0) is 6.42 Å². The van der Waals surface area contributed by atoms with Gasteiger partial charge in [-0.3, -0.25) is 0 Å². The van der Waals surface area contributed by atoms with Crippen LogP contribution in [0.2, 0.25) is 0 Å². The van der Waals surface area contributed by atoms with Crippen LogP contribution in [0.5, 0.6) is 0 Å². The molecule has 1 aliphatic heterocycles. The predicted octanol–water partition coefficient (Wildman–Crippen LogP) is 4.31. The van der Waals surface area contributed by atoms with Gasteiger partial charge in [0.05, 0.1) is 5.54 Å². The normalized spacial score (nSPS) is 22.9. The van der Waals surface area contributed by atoms with Crippen LogP contribution in [0.1, 0.15) is 57.4 Å². The number of aryl methyl sites for hydroxylation is 1. The fourth-order valence-corrected chi connectivity index (χ4v) is 4.53. The molecule has 1 aromatic carbocycles. The Hall–Kier alpha value is -1.55. The molecule has 0 unspecified atom stereocenters. The van der Waals surface area contributed by atoms with E-state index in [9.17, 15) is 4.79 Å². The van der Waals surface area contributed by atoms with Gasteiger partial charge in [0.2, 0.25) is 0 Å². The number of benzene rings is 1. The second-order valence-corrected chi connectivity index (χ2v) is 8.63. The SMILES string of the molecule is CCN(C)CCC[C@]1(CCCc2ccccc2)CNC(=O)N1CC1CCC1. The summed E-state index contributed by atoms with van der Waals surface area (Å²) in [5.41, 5.74) is 1.41. The third-order valence-corrected chi connectivity index (χ3v) is 6.72. The van der Waals surface area contributed by atoms with Crippen molar-refractivity contribution in [2.75, 3.05) is 33.2 Å². The van der Waals surface area contributed by atoms with Crippen molar-refractivity contribution < 1.29 is 4.79 Å². The average Bonchev–Trinajstić information content (AvgIpc) is 2.95. The van der Waals surface area contributed by atoms with E-state index in [1.165, 1.54) is 24.8 Å². The number of carbonyl (C=O) groups excluding carboxylic acids is 1. The van der Waals surface area contributed by atoms with E-state index in [2.05, 4.69) is 59.4 Å². The molecule has 1 saturated heterocycles. The van der Waals surface area contributed by atoms with Crippen LogP contribution in [0.4, 0.5) is 4.79 Å². The van der Waals surface area contributed by atoms with Gasteiger partial charge in [-0.15, -0.1) is 0 Å². The molecule has 3 rings (SSSR count). The topological polar surface area (TPSA) is 35.6 Å². The lowest BCUT2D eigenvalue weighted by Gasteiger charge is -2.41. The molecular weight excluding hydrogens is 334 g/mol. The van der Waals surface area contributed by atoms with Gasteiger partial charge in [0.1, 0.15) is 0 Å². The fourth-order valence-electron chi connectivity index (χ4n) is 4.53. The molecule has 4 nitrogen and oxygen atoms in total. The molecule has 2 aliphatic rings. The Labute approximate surface area is 165 Å². The minimum absolute atomic E-state index is 0.00996. The highest BCUT2D eigenvalue weighted by molar-refractivity contribution is 5.78. The second-order valence-electron chi connectivity index (χ2n) is 8.63. The Morgan fingerprint density at radius 2 is 1.93 bits per heavy atom. The summed E-state index contributed by atoms with van der Waals surface area (Å²) in [4.78, 5) is 17.3. The molecule has 150 valence electrons. The monoisotopic (exact) mass is 371 g/mol. The molecule has 1 aromatic rings. The lowest BCUT2D eigenvalue weighted by molar-refractivity contribution is 0.0989. The minimum atomic E-state index is 0.00996. The fraction of sp³-hybridized carbons (Fsp3) is 0.696. The first-order valence-corrected chi connectivity index (χ1v) is 10.9. The van der Waals surface area contributed by atoms with Gasteiger partial charge in [0.15, 0.2) is 0 Å². The zero-order valence-corrected chi connectivity index (χ0v) is 17.3. The number of hydrogen-bond acceptors (Lipinski definition) is 2. The summed E-state index contributed by atoms with van der Waals surface area (Å²) < 4.78 is 0. The van der Waals surface area contributed by atoms with E-state index >= 15 is 0 Å². The first-order chi connectivity index (χ1) is 13.1. The van der Waals surface area contributed by atoms with Gasteiger partial charge in [-0.05, 0) is 76.6 Å². The zero-order chi connectivity index (χ0) is 19.1. The van der Waals surface area contributed by atoms with Gasteiger partial charge < -0.3 is 15.1 Å². The van der Waals surface area contributed by atoms with Crippen molar-refractivity contribution in [3.63, 3.8) is 0 Å². The van der Waals surface area contributed by atoms with Gasteiger partial charge in [0, 0.05) is 13.1 Å². The largest absolute Gasteiger partial charge is 0.336 e. The van der Waals surface area contributed by atoms with Crippen molar-refractivity contribution in [3.8, 4) is 0 Å². The zero-order valence-electron chi connectivity index (χ0n) is 17.3. The highest BCUT2D eigenvalue weighted by Gasteiger charge is 2.45. The Kier molecular flexibility index (Phi) is 7.17. The van der Waals surface area contributed by atoms with Crippen molar-refractivity contribution in [3.05, 3.63) is 35.9 Å². The average molecular weight is 372 g/mol. The van der Waals surface area contributed by atoms with Crippen LogP contribution in [-0.4, -0.2) is 54.6 Å². The van der Waals surface area contributed by atoms with Crippen molar-refractivity contribution in [2.24, 2.45) is 5.92 Å². The van der Waals surface area contributed by atoms with Gasteiger partial charge in [-0.1, -0.05) is 43.7 Å². The van der Waals surface area contributed by atoms with Gasteiger partial charge >= 0.3 is 6.03 Å². The van der Waals surface area contributed by atoms with E-state index in [0.717, 1.165) is 64.2 Å². The molecular formula is C23H37N3O. The van der Waals surface area contributed by atoms with Crippen molar-refractivity contribution in [2.45, 2.75) is 63.8 Å². The molecule has 1 atom stereocenters. The Bertz CT molecular complexity index is 587. The maximum atomic E-state index is 12.7. The second kappa shape index (κ2) is 9.59. The number of amides is 2. The third kappa shape index (κ3) is 5.25. The summed E-state index contributed by atoms with van der Waals surface area (Å²) in [5.74, 6) is 0.723. The molecule has 0 bridgehead atoms. The standard InChI is InChI=1S/C23H37N3O/c1-3-25(2)17-9-16-23(15-8-14-20-10-5-4-6-11-20)19-24-22(27)26(23)18-21-12-7-13-21/h4-6,10-11,21H,3,7-9,12-19H2,1-2H3,(H,24,27)/t23-/m1/s1. The summed E-state index contributed by atoms with van der Waals surface area (Å²) in [6.45, 7) is 6.19. The van der Waals surface area contributed by atoms with Crippen molar-refractivity contribution in [1.29, 1.82) is 0 Å². The quantitative estimate of drug-likeness (QED) is 0.629. The molecule has 4 heteroatoms. The van der Waals surface area contributed by atoms with Crippen LogP contribution >= 0.6 is 0 Å². The first-order valence-electron chi connectivity index (χ1n) is 10.9. The van der Waals surface area contributed by atoms with E-state index in [-0.39, 0.29) is 11.6 Å². The lowest BCUT2D eigenvalue weighted by Crippen LogP contribution is -2.50. The smallest absolute Gasteiger partial charge is 0.318 e. The lowest BCUT2D eigenvalue weighted by atomic mass is 9.81. The van der Waals surface area contributed by atoms with Gasteiger partial charge in [0.25, 0.3) is 0 Å². The highest BCUT2D eigenvalue weighted by Crippen LogP contribution is 2.36. The number of carbonyl (C=O) groups is 1. The maximum absolute atomic E-state index is 12.7. The third-order valence-electron chi connectivity index (χ3n) is 6.72. The van der Waals surface area contributed by atoms with E-state index in [0.29, 0.717) is 0 Å². The summed E-state index contributed by atoms with van der Waals surface area (Å²) in [5, 5.41) is 3.19. The molecule has 1 aliphatic carbocycles. The maximum Gasteiger partial charge on any atom is 0.318 e. The minimum Gasteiger partial charge on any atom is -0.336 e. The molecule has 1 saturated carbocycles. The van der Waals surface area contributed by atoms with Gasteiger partial charge in [-0.2, -0.15) is 0 Å². The highest BCUT2D eigenvalue weighted by atomic mass is 16.2. The number of urea groups is 1. The van der Waals surface area contributed by atoms with E-state index in [1.807, 2.05) is 0 Å². The Morgan fingerprint density at radius 3 is 2.59 bits per heavy atom. The predicted molar refractivity (Wildman–Crippen MR) is 112 cm³/mol. The molecule has 2 fully saturated rings. The molecule has 1 heterocycles. The molecule has 0 radical (unpaired) electrons. The summed E-state index contributed by atoms with van der Waals surface area (Å²) in [7, 11) is 2.19. The van der Waals surface area contributed by atoms with Gasteiger partial charge in [-0.25, -0.2) is 4.79 Å². The van der Waals surface area contributed by atoms with E-state index in [1.54, 1.807) is 0 Å². The van der Waals surface area contributed by atoms with Crippen LogP contribution < -0.4 is 5.32 Å². The van der Waals surface area contributed by atoms with E-state index in [4.69, 9.17) is 0 Å². The van der Waals surface area contributed by atoms with Crippen molar-refractivity contribution >= 4 is 6.03 Å². The first kappa shape index (κ1) is 20.2. The van der Waals surface area contributed by atoms with Crippen LogP contribution in [0, 0.1) is 5.92 Å². The van der Waals surface area contributed by atoms with Crippen LogP contribution in [0.25, 0.3) is 0 Å². The number of nitrogens with one attached hydrogen (secondary N) is 1. The van der Waals surface area contributed by atoms with Crippen molar-refractivity contribution in [1.82, 2.24) is 15.1 Å². The summed E-state index contributed by atoms with van der Waals surface area (Å²) in [6, 6.07) is 10.9. The van der Waals surface area contributed by atoms with E-state index < -0.39 is 0 Å². The number of rotatable bonds is 11. The van der Waals surface area contributed by atoms with Crippen LogP contribution in [0.3, 0.4) is 0 Å². The summed E-state index contributed by atoms with van der Waals surface area (Å²) in [6.07, 6.45) is 9.53. The molecule has 0 aromatic heterocycles. The Morgan fingerprint density at radius 1 is 1.19 bits per heavy atom.